The zero-order valence-corrected chi connectivity index (χ0v) is 17.6. The molecular weight excluding hydrogens is 416 g/mol. The van der Waals surface area contributed by atoms with E-state index in [4.69, 9.17) is 14.2 Å². The number of nitrogens with zero attached hydrogens (tertiary/aromatic N) is 1. The first-order valence-electron chi connectivity index (χ1n) is 9.26. The standard InChI is InChI=1S/C19H22N2O6S2/c1-25-17-8-15-16(27-12-19(22)20-15)9-18(17)29(23,24)21(10-13-4-2-6-26-13)11-14-5-3-7-28-14/h3,5,7-9,13H,2,4,6,10-12H2,1H3,(H,20,22)/t13-/m1/s1. The Balaban J connectivity index is 1.71. The number of hydrogen-bond acceptors (Lipinski definition) is 7. The number of hydrogen-bond donors (Lipinski definition) is 1. The third-order valence-electron chi connectivity index (χ3n) is 4.86. The van der Waals surface area contributed by atoms with Gasteiger partial charge in [0, 0.05) is 36.7 Å². The van der Waals surface area contributed by atoms with Crippen molar-refractivity contribution in [2.45, 2.75) is 30.4 Å². The number of carbonyl (C=O) groups is 1. The van der Waals surface area contributed by atoms with Crippen LogP contribution in [0.15, 0.2) is 34.5 Å². The average molecular weight is 439 g/mol. The van der Waals surface area contributed by atoms with Crippen molar-refractivity contribution in [2.75, 3.05) is 32.2 Å². The van der Waals surface area contributed by atoms with Gasteiger partial charge in [0.25, 0.3) is 5.91 Å². The number of thiophene rings is 1. The molecule has 0 spiro atoms. The van der Waals surface area contributed by atoms with Crippen LogP contribution in [0.5, 0.6) is 11.5 Å². The summed E-state index contributed by atoms with van der Waals surface area (Å²) < 4.78 is 45.1. The summed E-state index contributed by atoms with van der Waals surface area (Å²) in [5.74, 6) is 0.156. The maximum absolute atomic E-state index is 13.6. The Morgan fingerprint density at radius 3 is 2.93 bits per heavy atom. The van der Waals surface area contributed by atoms with Crippen LogP contribution in [0.3, 0.4) is 0 Å². The highest BCUT2D eigenvalue weighted by molar-refractivity contribution is 7.89. The number of nitrogens with one attached hydrogen (secondary N) is 1. The van der Waals surface area contributed by atoms with Gasteiger partial charge in [-0.05, 0) is 24.3 Å². The third kappa shape index (κ3) is 4.25. The van der Waals surface area contributed by atoms with Crippen LogP contribution in [0, 0.1) is 0 Å². The highest BCUT2D eigenvalue weighted by Gasteiger charge is 2.33. The van der Waals surface area contributed by atoms with Crippen LogP contribution >= 0.6 is 11.3 Å². The maximum Gasteiger partial charge on any atom is 0.262 e. The number of fused-ring (bicyclic) bond motifs is 1. The minimum absolute atomic E-state index is 0.00412. The van der Waals surface area contributed by atoms with Crippen molar-refractivity contribution in [3.8, 4) is 11.5 Å². The first-order chi connectivity index (χ1) is 14.0. The van der Waals surface area contributed by atoms with Crippen LogP contribution in [-0.4, -0.2) is 51.6 Å². The summed E-state index contributed by atoms with van der Waals surface area (Å²) >= 11 is 1.50. The summed E-state index contributed by atoms with van der Waals surface area (Å²) in [6.45, 7) is 0.997. The fourth-order valence-corrected chi connectivity index (χ4v) is 5.83. The summed E-state index contributed by atoms with van der Waals surface area (Å²) in [5.41, 5.74) is 0.390. The van der Waals surface area contributed by atoms with Gasteiger partial charge in [0.05, 0.1) is 18.9 Å². The molecule has 0 saturated carbocycles. The fraction of sp³-hybridized carbons (Fsp3) is 0.421. The Labute approximate surface area is 173 Å². The summed E-state index contributed by atoms with van der Waals surface area (Å²) in [6.07, 6.45) is 1.61. The van der Waals surface area contributed by atoms with Gasteiger partial charge in [0.15, 0.2) is 6.61 Å². The van der Waals surface area contributed by atoms with Crippen molar-refractivity contribution in [1.29, 1.82) is 0 Å². The zero-order chi connectivity index (χ0) is 20.4. The van der Waals surface area contributed by atoms with Gasteiger partial charge in [0.1, 0.15) is 16.4 Å². The second kappa shape index (κ2) is 8.31. The molecule has 2 aromatic rings. The van der Waals surface area contributed by atoms with Crippen LogP contribution in [0.1, 0.15) is 17.7 Å². The molecule has 8 nitrogen and oxygen atoms in total. The van der Waals surface area contributed by atoms with E-state index in [0.717, 1.165) is 17.7 Å². The molecule has 4 rings (SSSR count). The van der Waals surface area contributed by atoms with Gasteiger partial charge in [-0.2, -0.15) is 4.31 Å². The highest BCUT2D eigenvalue weighted by Crippen LogP contribution is 2.39. The van der Waals surface area contributed by atoms with E-state index in [2.05, 4.69) is 5.32 Å². The Kier molecular flexibility index (Phi) is 5.77. The normalized spacial score (nSPS) is 19.0. The van der Waals surface area contributed by atoms with Gasteiger partial charge in [-0.3, -0.25) is 4.79 Å². The Morgan fingerprint density at radius 2 is 2.24 bits per heavy atom. The van der Waals surface area contributed by atoms with E-state index in [9.17, 15) is 13.2 Å². The number of amides is 1. The molecule has 156 valence electrons. The number of ether oxygens (including phenoxy) is 3. The molecule has 1 fully saturated rings. The number of sulfonamides is 1. The first kappa shape index (κ1) is 20.1. The minimum atomic E-state index is -3.91. The lowest BCUT2D eigenvalue weighted by Gasteiger charge is -2.26. The third-order valence-corrected chi connectivity index (χ3v) is 7.55. The van der Waals surface area contributed by atoms with Gasteiger partial charge < -0.3 is 19.5 Å². The topological polar surface area (TPSA) is 94.2 Å². The fourth-order valence-electron chi connectivity index (χ4n) is 3.43. The molecule has 10 heteroatoms. The lowest BCUT2D eigenvalue weighted by atomic mass is 10.2. The maximum atomic E-state index is 13.6. The molecule has 1 aromatic carbocycles. The SMILES string of the molecule is COc1cc2c(cc1S(=O)(=O)N(Cc1cccs1)C[C@H]1CCCO1)OCC(=O)N2. The van der Waals surface area contributed by atoms with Crippen LogP contribution < -0.4 is 14.8 Å². The van der Waals surface area contributed by atoms with Crippen molar-refractivity contribution in [3.63, 3.8) is 0 Å². The van der Waals surface area contributed by atoms with Crippen LogP contribution in [0.25, 0.3) is 0 Å². The molecule has 0 unspecified atom stereocenters. The molecule has 3 heterocycles. The molecule has 0 radical (unpaired) electrons. The summed E-state index contributed by atoms with van der Waals surface area (Å²) in [4.78, 5) is 12.5. The molecule has 0 aliphatic carbocycles. The number of methoxy groups -OCH3 is 1. The van der Waals surface area contributed by atoms with Crippen LogP contribution in [-0.2, 0) is 26.1 Å². The number of rotatable bonds is 7. The summed E-state index contributed by atoms with van der Waals surface area (Å²) in [6, 6.07) is 6.70. The minimum Gasteiger partial charge on any atom is -0.495 e. The van der Waals surface area contributed by atoms with Gasteiger partial charge >= 0.3 is 0 Å². The quantitative estimate of drug-likeness (QED) is 0.714. The highest BCUT2D eigenvalue weighted by atomic mass is 32.2. The van der Waals surface area contributed by atoms with Gasteiger partial charge in [-0.1, -0.05) is 6.07 Å². The Bertz CT molecular complexity index is 984. The zero-order valence-electron chi connectivity index (χ0n) is 15.9. The van der Waals surface area contributed by atoms with E-state index >= 15 is 0 Å². The van der Waals surface area contributed by atoms with Gasteiger partial charge in [-0.25, -0.2) is 8.42 Å². The van der Waals surface area contributed by atoms with E-state index in [0.29, 0.717) is 18.0 Å². The van der Waals surface area contributed by atoms with E-state index in [1.807, 2.05) is 17.5 Å². The molecule has 1 atom stereocenters. The molecule has 2 aliphatic heterocycles. The lowest BCUT2D eigenvalue weighted by Crippen LogP contribution is -2.37. The van der Waals surface area contributed by atoms with Crippen molar-refractivity contribution < 1.29 is 27.4 Å². The van der Waals surface area contributed by atoms with Crippen LogP contribution in [0.4, 0.5) is 5.69 Å². The number of anilines is 1. The van der Waals surface area contributed by atoms with Crippen molar-refractivity contribution in [2.24, 2.45) is 0 Å². The average Bonchev–Trinajstić information content (AvgIpc) is 3.40. The number of benzene rings is 1. The van der Waals surface area contributed by atoms with E-state index in [1.54, 1.807) is 0 Å². The van der Waals surface area contributed by atoms with Gasteiger partial charge in [0.2, 0.25) is 10.0 Å². The Hall–Kier alpha value is -2.14. The van der Waals surface area contributed by atoms with Crippen molar-refractivity contribution in [3.05, 3.63) is 34.5 Å². The predicted octanol–water partition coefficient (Wildman–Crippen LogP) is 2.46. The molecule has 1 amide bonds. The van der Waals surface area contributed by atoms with Gasteiger partial charge in [-0.15, -0.1) is 11.3 Å². The molecule has 0 bridgehead atoms. The monoisotopic (exact) mass is 438 g/mol. The molecule has 1 saturated heterocycles. The molecule has 1 N–H and O–H groups in total. The van der Waals surface area contributed by atoms with Crippen LogP contribution in [0.2, 0.25) is 0 Å². The first-order valence-corrected chi connectivity index (χ1v) is 11.6. The number of carbonyl (C=O) groups excluding carboxylic acids is 1. The lowest BCUT2D eigenvalue weighted by molar-refractivity contribution is -0.118. The smallest absolute Gasteiger partial charge is 0.262 e. The largest absolute Gasteiger partial charge is 0.495 e. The molecular formula is C19H22N2O6S2. The molecule has 29 heavy (non-hydrogen) atoms. The van der Waals surface area contributed by atoms with Crippen molar-refractivity contribution >= 4 is 33.0 Å². The molecule has 1 aromatic heterocycles. The van der Waals surface area contributed by atoms with Crippen molar-refractivity contribution in [1.82, 2.24) is 4.31 Å². The second-order valence-electron chi connectivity index (χ2n) is 6.85. The summed E-state index contributed by atoms with van der Waals surface area (Å²) in [5, 5.41) is 4.59. The van der Waals surface area contributed by atoms with E-state index < -0.39 is 10.0 Å². The predicted molar refractivity (Wildman–Crippen MR) is 108 cm³/mol. The van der Waals surface area contributed by atoms with E-state index in [-0.39, 0.29) is 42.4 Å². The van der Waals surface area contributed by atoms with E-state index in [1.165, 1.54) is 34.9 Å². The molecule has 2 aliphatic rings. The summed E-state index contributed by atoms with van der Waals surface area (Å²) in [7, 11) is -2.51. The Morgan fingerprint density at radius 1 is 1.38 bits per heavy atom. The second-order valence-corrected chi connectivity index (χ2v) is 9.79.